The molecular formula is C23H26F2N8O. The first-order valence-corrected chi connectivity index (χ1v) is 11.1. The van der Waals surface area contributed by atoms with Crippen LogP contribution >= 0.6 is 0 Å². The summed E-state index contributed by atoms with van der Waals surface area (Å²) in [4.78, 5) is 13.5. The molecule has 11 heteroatoms. The lowest BCUT2D eigenvalue weighted by atomic mass is 10.2. The highest BCUT2D eigenvalue weighted by Gasteiger charge is 2.25. The van der Waals surface area contributed by atoms with Crippen LogP contribution in [-0.2, 0) is 0 Å². The zero-order chi connectivity index (χ0) is 23.8. The van der Waals surface area contributed by atoms with Crippen molar-refractivity contribution in [3.63, 3.8) is 0 Å². The van der Waals surface area contributed by atoms with Crippen LogP contribution in [0, 0.1) is 18.6 Å². The zero-order valence-corrected chi connectivity index (χ0v) is 19.2. The van der Waals surface area contributed by atoms with Gasteiger partial charge in [-0.05, 0) is 39.9 Å². The molecule has 0 radical (unpaired) electrons. The van der Waals surface area contributed by atoms with Crippen LogP contribution in [0.3, 0.4) is 0 Å². The van der Waals surface area contributed by atoms with Crippen molar-refractivity contribution < 1.29 is 13.5 Å². The van der Waals surface area contributed by atoms with E-state index in [9.17, 15) is 4.39 Å². The molecule has 0 bridgehead atoms. The second-order valence-corrected chi connectivity index (χ2v) is 8.77. The van der Waals surface area contributed by atoms with Crippen LogP contribution in [0.1, 0.15) is 30.1 Å². The van der Waals surface area contributed by atoms with Gasteiger partial charge < -0.3 is 25.3 Å². The third kappa shape index (κ3) is 4.79. The number of rotatable bonds is 9. The molecule has 34 heavy (non-hydrogen) atoms. The van der Waals surface area contributed by atoms with Crippen LogP contribution in [0.4, 0.5) is 26.2 Å². The predicted octanol–water partition coefficient (Wildman–Crippen LogP) is 4.65. The van der Waals surface area contributed by atoms with E-state index in [1.54, 1.807) is 13.0 Å². The van der Waals surface area contributed by atoms with Gasteiger partial charge in [-0.3, -0.25) is 5.10 Å². The van der Waals surface area contributed by atoms with Crippen molar-refractivity contribution in [2.75, 3.05) is 37.8 Å². The highest BCUT2D eigenvalue weighted by molar-refractivity contribution is 5.83. The molecular weight excluding hydrogens is 442 g/mol. The number of anilines is 3. The molecule has 0 unspecified atom stereocenters. The molecule has 1 saturated carbocycles. The Balaban J connectivity index is 1.44. The summed E-state index contributed by atoms with van der Waals surface area (Å²) in [5, 5.41) is 13.8. The number of hydrogen-bond donors (Lipinski definition) is 4. The number of ether oxygens (including phenoxy) is 1. The maximum atomic E-state index is 15.1. The molecule has 0 amide bonds. The standard InChI is InChI=1S/C23H26F2N8O/c1-12-8-14-21(25)17(9-15(24)22(14)27-12)34-23-29-18(26-6-7-33(2)3)11-19(30-23)28-20-10-16(31-32-20)13-4-5-13/h8-11,13,27H,4-7H2,1-3H3,(H3,26,28,29,30,31,32). The summed E-state index contributed by atoms with van der Waals surface area (Å²) in [7, 11) is 3.93. The summed E-state index contributed by atoms with van der Waals surface area (Å²) >= 11 is 0. The van der Waals surface area contributed by atoms with Crippen molar-refractivity contribution in [3.8, 4) is 11.8 Å². The Bertz CT molecular complexity index is 1330. The minimum Gasteiger partial charge on any atom is -0.421 e. The lowest BCUT2D eigenvalue weighted by Gasteiger charge is -2.13. The van der Waals surface area contributed by atoms with Gasteiger partial charge >= 0.3 is 6.01 Å². The van der Waals surface area contributed by atoms with Gasteiger partial charge in [0.05, 0.1) is 5.52 Å². The molecule has 5 rings (SSSR count). The first-order valence-electron chi connectivity index (χ1n) is 11.1. The number of aromatic nitrogens is 5. The van der Waals surface area contributed by atoms with Gasteiger partial charge in [-0.1, -0.05) is 0 Å². The largest absolute Gasteiger partial charge is 0.421 e. The van der Waals surface area contributed by atoms with E-state index in [4.69, 9.17) is 4.74 Å². The Morgan fingerprint density at radius 2 is 1.88 bits per heavy atom. The normalized spacial score (nSPS) is 13.6. The molecule has 0 spiro atoms. The van der Waals surface area contributed by atoms with Gasteiger partial charge in [0.15, 0.2) is 23.2 Å². The number of aromatic amines is 2. The Kier molecular flexibility index (Phi) is 5.78. The van der Waals surface area contributed by atoms with Crippen molar-refractivity contribution in [3.05, 3.63) is 47.3 Å². The number of nitrogens with zero attached hydrogens (tertiary/aromatic N) is 4. The van der Waals surface area contributed by atoms with Gasteiger partial charge in [-0.25, -0.2) is 8.78 Å². The van der Waals surface area contributed by atoms with E-state index < -0.39 is 11.6 Å². The summed E-state index contributed by atoms with van der Waals surface area (Å²) in [6.07, 6.45) is 2.31. The molecule has 0 atom stereocenters. The minimum absolute atomic E-state index is 0.0923. The molecule has 3 aromatic heterocycles. The van der Waals surface area contributed by atoms with Gasteiger partial charge in [0.25, 0.3) is 0 Å². The van der Waals surface area contributed by atoms with Gasteiger partial charge in [-0.15, -0.1) is 0 Å². The minimum atomic E-state index is -0.689. The Hall–Kier alpha value is -3.73. The van der Waals surface area contributed by atoms with Crippen LogP contribution in [0.15, 0.2) is 24.3 Å². The number of H-pyrrole nitrogens is 2. The predicted molar refractivity (Wildman–Crippen MR) is 126 cm³/mol. The number of likely N-dealkylation sites (N-methyl/N-ethyl adjacent to an activating group) is 1. The summed E-state index contributed by atoms with van der Waals surface area (Å²) in [6.45, 7) is 3.12. The fraction of sp³-hybridized carbons (Fsp3) is 0.348. The van der Waals surface area contributed by atoms with E-state index in [1.807, 2.05) is 25.1 Å². The van der Waals surface area contributed by atoms with Crippen LogP contribution in [0.25, 0.3) is 10.9 Å². The molecule has 0 saturated heterocycles. The number of hydrogen-bond acceptors (Lipinski definition) is 7. The Morgan fingerprint density at radius 3 is 2.65 bits per heavy atom. The quantitative estimate of drug-likeness (QED) is 0.283. The molecule has 4 N–H and O–H groups in total. The molecule has 1 aliphatic rings. The summed E-state index contributed by atoms with van der Waals surface area (Å²) < 4.78 is 35.2. The second-order valence-electron chi connectivity index (χ2n) is 8.77. The van der Waals surface area contributed by atoms with E-state index in [0.29, 0.717) is 35.6 Å². The highest BCUT2D eigenvalue weighted by Crippen LogP contribution is 2.39. The number of benzene rings is 1. The lowest BCUT2D eigenvalue weighted by Crippen LogP contribution is -2.21. The Labute approximate surface area is 194 Å². The van der Waals surface area contributed by atoms with Crippen molar-refractivity contribution in [2.24, 2.45) is 0 Å². The first-order chi connectivity index (χ1) is 16.4. The van der Waals surface area contributed by atoms with Crippen LogP contribution in [-0.4, -0.2) is 57.2 Å². The van der Waals surface area contributed by atoms with Crippen LogP contribution in [0.5, 0.6) is 11.8 Å². The SMILES string of the molecule is Cc1cc2c(F)c(Oc3nc(NCCN(C)C)cc(Nc4cc(C5CC5)[nH]n4)n3)cc(F)c2[nH]1. The zero-order valence-electron chi connectivity index (χ0n) is 19.2. The molecule has 1 aliphatic carbocycles. The van der Waals surface area contributed by atoms with Crippen LogP contribution in [0.2, 0.25) is 0 Å². The average molecular weight is 469 g/mol. The van der Waals surface area contributed by atoms with Gasteiger partial charge in [-0.2, -0.15) is 15.1 Å². The van der Waals surface area contributed by atoms with Crippen molar-refractivity contribution in [1.29, 1.82) is 0 Å². The summed E-state index contributed by atoms with van der Waals surface area (Å²) in [5.74, 6) is 0.412. The average Bonchev–Trinajstić information content (AvgIpc) is 3.39. The summed E-state index contributed by atoms with van der Waals surface area (Å²) in [5.41, 5.74) is 1.81. The van der Waals surface area contributed by atoms with Crippen molar-refractivity contribution in [1.82, 2.24) is 30.0 Å². The third-order valence-corrected chi connectivity index (χ3v) is 5.54. The number of halogens is 2. The van der Waals surface area contributed by atoms with E-state index in [0.717, 1.165) is 31.1 Å². The topological polar surface area (TPSA) is 107 Å². The number of nitrogens with one attached hydrogen (secondary N) is 4. The fourth-order valence-corrected chi connectivity index (χ4v) is 3.67. The molecule has 1 aromatic carbocycles. The molecule has 4 aromatic rings. The molecule has 1 fully saturated rings. The smallest absolute Gasteiger partial charge is 0.326 e. The third-order valence-electron chi connectivity index (χ3n) is 5.54. The molecule has 9 nitrogen and oxygen atoms in total. The maximum Gasteiger partial charge on any atom is 0.326 e. The second kappa shape index (κ2) is 8.90. The van der Waals surface area contributed by atoms with E-state index in [2.05, 4.69) is 35.8 Å². The van der Waals surface area contributed by atoms with Crippen molar-refractivity contribution >= 4 is 28.4 Å². The van der Waals surface area contributed by atoms with Gasteiger partial charge in [0.2, 0.25) is 0 Å². The van der Waals surface area contributed by atoms with Gasteiger partial charge in [0.1, 0.15) is 11.6 Å². The lowest BCUT2D eigenvalue weighted by molar-refractivity contribution is 0.410. The van der Waals surface area contributed by atoms with E-state index in [1.165, 1.54) is 6.07 Å². The maximum absolute atomic E-state index is 15.1. The molecule has 178 valence electrons. The van der Waals surface area contributed by atoms with Gasteiger partial charge in [0, 0.05) is 54.0 Å². The number of aryl methyl sites for hydroxylation is 1. The van der Waals surface area contributed by atoms with Crippen LogP contribution < -0.4 is 15.4 Å². The molecule has 0 aliphatic heterocycles. The highest BCUT2D eigenvalue weighted by atomic mass is 19.1. The monoisotopic (exact) mass is 468 g/mol. The van der Waals surface area contributed by atoms with E-state index in [-0.39, 0.29) is 22.7 Å². The number of fused-ring (bicyclic) bond motifs is 1. The fourth-order valence-electron chi connectivity index (χ4n) is 3.67. The van der Waals surface area contributed by atoms with E-state index >= 15 is 4.39 Å². The summed E-state index contributed by atoms with van der Waals surface area (Å²) in [6, 6.07) is 6.05. The Morgan fingerprint density at radius 1 is 1.09 bits per heavy atom. The van der Waals surface area contributed by atoms with Crippen molar-refractivity contribution in [2.45, 2.75) is 25.7 Å². The first kappa shape index (κ1) is 22.1. The molecule has 3 heterocycles.